The SMILES string of the molecule is Nc1ncc(Br)c(Nc2ccc(N3CCOCC3)cc2)n1. The summed E-state index contributed by atoms with van der Waals surface area (Å²) in [7, 11) is 0. The van der Waals surface area contributed by atoms with E-state index in [0.717, 1.165) is 36.5 Å². The Labute approximate surface area is 131 Å². The third-order valence-corrected chi connectivity index (χ3v) is 3.85. The van der Waals surface area contributed by atoms with Gasteiger partial charge in [-0.1, -0.05) is 0 Å². The first-order valence-corrected chi connectivity index (χ1v) is 7.49. The van der Waals surface area contributed by atoms with Crippen molar-refractivity contribution < 1.29 is 4.74 Å². The van der Waals surface area contributed by atoms with Gasteiger partial charge in [-0.2, -0.15) is 4.98 Å². The molecule has 1 fully saturated rings. The fourth-order valence-electron chi connectivity index (χ4n) is 2.18. The second-order valence-electron chi connectivity index (χ2n) is 4.70. The molecule has 2 heterocycles. The van der Waals surface area contributed by atoms with Gasteiger partial charge >= 0.3 is 0 Å². The molecule has 7 heteroatoms. The highest BCUT2D eigenvalue weighted by Gasteiger charge is 2.11. The van der Waals surface area contributed by atoms with Crippen molar-refractivity contribution >= 4 is 39.1 Å². The molecule has 110 valence electrons. The molecule has 3 N–H and O–H groups in total. The van der Waals surface area contributed by atoms with Gasteiger partial charge in [0.05, 0.1) is 17.7 Å². The van der Waals surface area contributed by atoms with E-state index < -0.39 is 0 Å². The summed E-state index contributed by atoms with van der Waals surface area (Å²) >= 11 is 3.40. The van der Waals surface area contributed by atoms with Crippen molar-refractivity contribution in [2.24, 2.45) is 0 Å². The van der Waals surface area contributed by atoms with Crippen molar-refractivity contribution in [2.45, 2.75) is 0 Å². The van der Waals surface area contributed by atoms with Crippen LogP contribution >= 0.6 is 15.9 Å². The Morgan fingerprint density at radius 1 is 1.19 bits per heavy atom. The Kier molecular flexibility index (Phi) is 4.21. The molecule has 0 unspecified atom stereocenters. The molecule has 0 radical (unpaired) electrons. The van der Waals surface area contributed by atoms with E-state index in [1.54, 1.807) is 6.20 Å². The number of morpholine rings is 1. The maximum Gasteiger partial charge on any atom is 0.222 e. The van der Waals surface area contributed by atoms with E-state index in [0.29, 0.717) is 5.82 Å². The minimum absolute atomic E-state index is 0.241. The minimum atomic E-state index is 0.241. The molecular weight excluding hydrogens is 334 g/mol. The number of ether oxygens (including phenoxy) is 1. The highest BCUT2D eigenvalue weighted by atomic mass is 79.9. The lowest BCUT2D eigenvalue weighted by atomic mass is 10.2. The van der Waals surface area contributed by atoms with Gasteiger partial charge in [-0.15, -0.1) is 0 Å². The maximum atomic E-state index is 5.60. The summed E-state index contributed by atoms with van der Waals surface area (Å²) in [6.45, 7) is 3.43. The highest BCUT2D eigenvalue weighted by Crippen LogP contribution is 2.25. The Morgan fingerprint density at radius 3 is 2.62 bits per heavy atom. The van der Waals surface area contributed by atoms with Crippen molar-refractivity contribution in [1.29, 1.82) is 0 Å². The van der Waals surface area contributed by atoms with Crippen LogP contribution < -0.4 is 16.0 Å². The molecule has 0 spiro atoms. The molecule has 21 heavy (non-hydrogen) atoms. The molecule has 0 atom stereocenters. The third kappa shape index (κ3) is 3.43. The van der Waals surface area contributed by atoms with E-state index in [-0.39, 0.29) is 5.95 Å². The smallest absolute Gasteiger partial charge is 0.222 e. The Hall–Kier alpha value is -1.86. The number of hydrogen-bond acceptors (Lipinski definition) is 6. The van der Waals surface area contributed by atoms with Crippen LogP contribution in [0.1, 0.15) is 0 Å². The van der Waals surface area contributed by atoms with Crippen molar-refractivity contribution in [3.8, 4) is 0 Å². The van der Waals surface area contributed by atoms with Crippen LogP contribution in [0.3, 0.4) is 0 Å². The first kappa shape index (κ1) is 14.1. The quantitative estimate of drug-likeness (QED) is 0.885. The van der Waals surface area contributed by atoms with Gasteiger partial charge in [0.25, 0.3) is 0 Å². The van der Waals surface area contributed by atoms with Crippen molar-refractivity contribution in [3.05, 3.63) is 34.9 Å². The lowest BCUT2D eigenvalue weighted by Crippen LogP contribution is -2.36. The molecule has 0 aliphatic carbocycles. The highest BCUT2D eigenvalue weighted by molar-refractivity contribution is 9.10. The predicted molar refractivity (Wildman–Crippen MR) is 86.9 cm³/mol. The number of nitrogen functional groups attached to an aromatic ring is 1. The summed E-state index contributed by atoms with van der Waals surface area (Å²) < 4.78 is 6.14. The topological polar surface area (TPSA) is 76.3 Å². The molecule has 1 saturated heterocycles. The Balaban J connectivity index is 1.73. The molecule has 0 amide bonds. The summed E-state index contributed by atoms with van der Waals surface area (Å²) in [6, 6.07) is 8.23. The summed E-state index contributed by atoms with van der Waals surface area (Å²) in [4.78, 5) is 10.4. The van der Waals surface area contributed by atoms with E-state index in [1.165, 1.54) is 5.69 Å². The normalized spacial score (nSPS) is 15.0. The van der Waals surface area contributed by atoms with Gasteiger partial charge in [0.15, 0.2) is 0 Å². The molecule has 2 aromatic rings. The van der Waals surface area contributed by atoms with Crippen LogP contribution in [0.15, 0.2) is 34.9 Å². The number of aromatic nitrogens is 2. The average molecular weight is 350 g/mol. The lowest BCUT2D eigenvalue weighted by molar-refractivity contribution is 0.122. The van der Waals surface area contributed by atoms with Crippen LogP contribution in [-0.2, 0) is 4.74 Å². The first-order valence-electron chi connectivity index (χ1n) is 6.70. The van der Waals surface area contributed by atoms with E-state index in [9.17, 15) is 0 Å². The van der Waals surface area contributed by atoms with Gasteiger partial charge in [0.2, 0.25) is 5.95 Å². The largest absolute Gasteiger partial charge is 0.378 e. The number of halogens is 1. The number of rotatable bonds is 3. The number of nitrogens with one attached hydrogen (secondary N) is 1. The molecular formula is C14H16BrN5O. The summed E-state index contributed by atoms with van der Waals surface area (Å²) in [6.07, 6.45) is 1.63. The van der Waals surface area contributed by atoms with Crippen LogP contribution in [0.5, 0.6) is 0 Å². The zero-order valence-electron chi connectivity index (χ0n) is 11.4. The molecule has 6 nitrogen and oxygen atoms in total. The van der Waals surface area contributed by atoms with Crippen molar-refractivity contribution in [3.63, 3.8) is 0 Å². The number of benzene rings is 1. The summed E-state index contributed by atoms with van der Waals surface area (Å²) in [5.41, 5.74) is 7.75. The molecule has 1 aliphatic heterocycles. The molecule has 3 rings (SSSR count). The third-order valence-electron chi connectivity index (χ3n) is 3.27. The van der Waals surface area contributed by atoms with Gasteiger partial charge < -0.3 is 20.7 Å². The van der Waals surface area contributed by atoms with Crippen LogP contribution in [0.2, 0.25) is 0 Å². The minimum Gasteiger partial charge on any atom is -0.378 e. The van der Waals surface area contributed by atoms with E-state index in [1.807, 2.05) is 12.1 Å². The monoisotopic (exact) mass is 349 g/mol. The van der Waals surface area contributed by atoms with Gasteiger partial charge in [0.1, 0.15) is 5.82 Å². The molecule has 1 aliphatic rings. The number of nitrogens with zero attached hydrogens (tertiary/aromatic N) is 3. The molecule has 1 aromatic heterocycles. The molecule has 0 saturated carbocycles. The van der Waals surface area contributed by atoms with Crippen LogP contribution in [0.4, 0.5) is 23.1 Å². The molecule has 1 aromatic carbocycles. The van der Waals surface area contributed by atoms with Gasteiger partial charge in [-0.25, -0.2) is 4.98 Å². The van der Waals surface area contributed by atoms with Crippen LogP contribution in [0.25, 0.3) is 0 Å². The second-order valence-corrected chi connectivity index (χ2v) is 5.55. The van der Waals surface area contributed by atoms with Crippen molar-refractivity contribution in [2.75, 3.05) is 42.3 Å². The fourth-order valence-corrected chi connectivity index (χ4v) is 2.47. The summed E-state index contributed by atoms with van der Waals surface area (Å²) in [5, 5.41) is 3.22. The van der Waals surface area contributed by atoms with Gasteiger partial charge in [0, 0.05) is 30.7 Å². The maximum absolute atomic E-state index is 5.60. The predicted octanol–water partition coefficient (Wildman–Crippen LogP) is 2.40. The standard InChI is InChI=1S/C14H16BrN5O/c15-12-9-17-14(16)19-13(12)18-10-1-3-11(4-2-10)20-5-7-21-8-6-20/h1-4,9H,5-8H2,(H3,16,17,18,19). The van der Waals surface area contributed by atoms with E-state index in [4.69, 9.17) is 10.5 Å². The lowest BCUT2D eigenvalue weighted by Gasteiger charge is -2.28. The zero-order valence-corrected chi connectivity index (χ0v) is 13.0. The zero-order chi connectivity index (χ0) is 14.7. The summed E-state index contributed by atoms with van der Waals surface area (Å²) in [5.74, 6) is 0.896. The average Bonchev–Trinajstić information content (AvgIpc) is 2.53. The Morgan fingerprint density at radius 2 is 1.90 bits per heavy atom. The molecule has 0 bridgehead atoms. The number of hydrogen-bond donors (Lipinski definition) is 2. The van der Waals surface area contributed by atoms with Crippen LogP contribution in [-0.4, -0.2) is 36.3 Å². The van der Waals surface area contributed by atoms with Crippen molar-refractivity contribution in [1.82, 2.24) is 9.97 Å². The fraction of sp³-hybridized carbons (Fsp3) is 0.286. The number of anilines is 4. The Bertz CT molecular complexity index is 613. The van der Waals surface area contributed by atoms with Gasteiger partial charge in [-0.3, -0.25) is 0 Å². The van der Waals surface area contributed by atoms with Crippen LogP contribution in [0, 0.1) is 0 Å². The van der Waals surface area contributed by atoms with E-state index >= 15 is 0 Å². The first-order chi connectivity index (χ1) is 10.2. The van der Waals surface area contributed by atoms with E-state index in [2.05, 4.69) is 48.2 Å². The van der Waals surface area contributed by atoms with Gasteiger partial charge in [-0.05, 0) is 40.2 Å². The number of nitrogens with two attached hydrogens (primary N) is 1. The second kappa shape index (κ2) is 6.28.